The minimum atomic E-state index is -1.99. The molecule has 0 saturated heterocycles. The van der Waals surface area contributed by atoms with Gasteiger partial charge in [-0.3, -0.25) is 0 Å². The van der Waals surface area contributed by atoms with Gasteiger partial charge in [0.25, 0.3) is 0 Å². The molecule has 2 nitrogen and oxygen atoms in total. The van der Waals surface area contributed by atoms with Crippen molar-refractivity contribution in [2.24, 2.45) is 40.4 Å². The number of aliphatic hydroxyl groups excluding tert-OH is 2. The van der Waals surface area contributed by atoms with Gasteiger partial charge in [0.15, 0.2) is 0 Å². The first-order valence-corrected chi connectivity index (χ1v) is 9.44. The Hall–Kier alpha value is -0.0800. The molecule has 9 atom stereocenters. The molecule has 4 fully saturated rings. The zero-order chi connectivity index (χ0) is 18.2. The fourth-order valence-corrected chi connectivity index (χ4v) is 7.31. The highest BCUT2D eigenvalue weighted by molar-refractivity contribution is 5.10. The lowest BCUT2D eigenvalue weighted by Crippen LogP contribution is -2.57. The van der Waals surface area contributed by atoms with Crippen molar-refractivity contribution in [1.82, 2.24) is 0 Å². The van der Waals surface area contributed by atoms with Gasteiger partial charge in [0.05, 0.1) is 12.2 Å². The van der Waals surface area contributed by atoms with E-state index in [-0.39, 0.29) is 16.9 Å². The average molecular weight is 310 g/mol. The molecular formula is C20H34O2. The van der Waals surface area contributed by atoms with Gasteiger partial charge in [-0.05, 0) is 91.8 Å². The molecule has 4 rings (SSSR count). The van der Waals surface area contributed by atoms with Crippen LogP contribution in [0, 0.1) is 40.4 Å². The van der Waals surface area contributed by atoms with E-state index in [2.05, 4.69) is 13.8 Å². The van der Waals surface area contributed by atoms with Crippen molar-refractivity contribution in [2.75, 3.05) is 0 Å². The second kappa shape index (κ2) is 4.96. The van der Waals surface area contributed by atoms with Crippen molar-refractivity contribution in [3.05, 3.63) is 0 Å². The minimum Gasteiger partial charge on any atom is -0.393 e. The minimum absolute atomic E-state index is 0.0357. The lowest BCUT2D eigenvalue weighted by molar-refractivity contribution is -0.156. The van der Waals surface area contributed by atoms with Gasteiger partial charge in [0.1, 0.15) is 0 Å². The van der Waals surface area contributed by atoms with E-state index < -0.39 is 18.9 Å². The van der Waals surface area contributed by atoms with E-state index in [1.807, 2.05) is 0 Å². The molecule has 22 heavy (non-hydrogen) atoms. The Bertz CT molecular complexity index is 536. The van der Waals surface area contributed by atoms with Crippen LogP contribution in [0.4, 0.5) is 0 Å². The Balaban J connectivity index is 1.71. The Kier molecular flexibility index (Phi) is 2.77. The molecule has 0 amide bonds. The summed E-state index contributed by atoms with van der Waals surface area (Å²) in [4.78, 5) is 0. The third kappa shape index (κ3) is 1.86. The van der Waals surface area contributed by atoms with Gasteiger partial charge in [-0.25, -0.2) is 0 Å². The summed E-state index contributed by atoms with van der Waals surface area (Å²) in [7, 11) is 0. The van der Waals surface area contributed by atoms with E-state index in [9.17, 15) is 10.2 Å². The van der Waals surface area contributed by atoms with Crippen LogP contribution in [0.5, 0.6) is 0 Å². The SMILES string of the molecule is [2H]C([2H])([2H])[C@H]1C[C@@H](O)C[C@@H]2CC[C@H]3[C@@H]4CC[C@H](O)[C@@]4(C)CC[C@@H]3[C@]21C. The van der Waals surface area contributed by atoms with Crippen molar-refractivity contribution in [3.63, 3.8) is 0 Å². The van der Waals surface area contributed by atoms with Gasteiger partial charge in [0.2, 0.25) is 0 Å². The third-order valence-electron chi connectivity index (χ3n) is 8.73. The number of hydrogen-bond acceptors (Lipinski definition) is 2. The maximum Gasteiger partial charge on any atom is 0.0596 e. The molecule has 4 aliphatic rings. The van der Waals surface area contributed by atoms with E-state index in [1.165, 1.54) is 0 Å². The smallest absolute Gasteiger partial charge is 0.0596 e. The van der Waals surface area contributed by atoms with Crippen LogP contribution < -0.4 is 0 Å². The summed E-state index contributed by atoms with van der Waals surface area (Å²) >= 11 is 0. The quantitative estimate of drug-likeness (QED) is 0.710. The molecule has 0 aliphatic heterocycles. The predicted molar refractivity (Wildman–Crippen MR) is 88.3 cm³/mol. The number of fused-ring (bicyclic) bond motifs is 5. The van der Waals surface area contributed by atoms with Crippen LogP contribution in [0.1, 0.15) is 76.2 Å². The summed E-state index contributed by atoms with van der Waals surface area (Å²) in [6.07, 6.45) is 6.84. The van der Waals surface area contributed by atoms with Gasteiger partial charge in [-0.2, -0.15) is 0 Å². The molecule has 0 spiro atoms. The fourth-order valence-electron chi connectivity index (χ4n) is 7.31. The van der Waals surface area contributed by atoms with Gasteiger partial charge in [0, 0.05) is 4.11 Å². The van der Waals surface area contributed by atoms with Gasteiger partial charge in [-0.15, -0.1) is 0 Å². The monoisotopic (exact) mass is 309 g/mol. The van der Waals surface area contributed by atoms with E-state index in [4.69, 9.17) is 4.11 Å². The van der Waals surface area contributed by atoms with Crippen molar-refractivity contribution in [1.29, 1.82) is 0 Å². The Morgan fingerprint density at radius 3 is 2.55 bits per heavy atom. The predicted octanol–water partition coefficient (Wildman–Crippen LogP) is 4.00. The maximum absolute atomic E-state index is 10.6. The zero-order valence-corrected chi connectivity index (χ0v) is 14.1. The number of hydrogen-bond donors (Lipinski definition) is 2. The highest BCUT2D eigenvalue weighted by Crippen LogP contribution is 2.67. The third-order valence-corrected chi connectivity index (χ3v) is 8.73. The summed E-state index contributed by atoms with van der Waals surface area (Å²) in [6.45, 7) is 2.52. The Morgan fingerprint density at radius 2 is 1.77 bits per heavy atom. The summed E-state index contributed by atoms with van der Waals surface area (Å²) in [6, 6.07) is 0. The molecule has 0 radical (unpaired) electrons. The van der Waals surface area contributed by atoms with Crippen molar-refractivity contribution >= 4 is 0 Å². The standard InChI is InChI=1S/C20H34O2/c1-12-10-14(21)11-13-4-5-15-16-6-7-18(22)19(16,2)9-8-17(15)20(12,13)3/h12-18,21-22H,4-11H2,1-3H3/t12-,13-,14+,15-,16-,17-,18-,19-,20-/m0/s1/i1D3. The molecule has 2 heteroatoms. The summed E-state index contributed by atoms with van der Waals surface area (Å²) in [5.41, 5.74) is -0.156. The number of aliphatic hydroxyl groups is 2. The molecule has 4 saturated carbocycles. The van der Waals surface area contributed by atoms with Gasteiger partial charge >= 0.3 is 0 Å². The van der Waals surface area contributed by atoms with Crippen molar-refractivity contribution in [3.8, 4) is 0 Å². The molecule has 0 aromatic heterocycles. The van der Waals surface area contributed by atoms with Gasteiger partial charge in [-0.1, -0.05) is 20.7 Å². The van der Waals surface area contributed by atoms with Crippen LogP contribution in [0.25, 0.3) is 0 Å². The van der Waals surface area contributed by atoms with Crippen LogP contribution in [-0.2, 0) is 0 Å². The van der Waals surface area contributed by atoms with Gasteiger partial charge < -0.3 is 10.2 Å². The fraction of sp³-hybridized carbons (Fsp3) is 1.00. The number of rotatable bonds is 0. The Labute approximate surface area is 139 Å². The van der Waals surface area contributed by atoms with Crippen LogP contribution in [-0.4, -0.2) is 22.4 Å². The molecule has 0 bridgehead atoms. The molecule has 0 unspecified atom stereocenters. The second-order valence-corrected chi connectivity index (χ2v) is 9.33. The second-order valence-electron chi connectivity index (χ2n) is 9.33. The largest absolute Gasteiger partial charge is 0.393 e. The average Bonchev–Trinajstić information content (AvgIpc) is 2.82. The normalized spacial score (nSPS) is 63.8. The lowest BCUT2D eigenvalue weighted by Gasteiger charge is -2.62. The molecule has 0 aromatic carbocycles. The maximum atomic E-state index is 10.6. The first-order chi connectivity index (χ1) is 11.6. The first-order valence-electron chi connectivity index (χ1n) is 10.9. The topological polar surface area (TPSA) is 40.5 Å². The van der Waals surface area contributed by atoms with Crippen LogP contribution in [0.15, 0.2) is 0 Å². The summed E-state index contributed by atoms with van der Waals surface area (Å²) in [5.74, 6) is 1.48. The van der Waals surface area contributed by atoms with Crippen molar-refractivity contribution < 1.29 is 14.3 Å². The first kappa shape index (κ1) is 12.3. The Morgan fingerprint density at radius 1 is 0.955 bits per heavy atom. The van der Waals surface area contributed by atoms with E-state index in [0.29, 0.717) is 30.1 Å². The van der Waals surface area contributed by atoms with E-state index in [1.54, 1.807) is 0 Å². The zero-order valence-electron chi connectivity index (χ0n) is 17.1. The molecule has 0 aromatic rings. The van der Waals surface area contributed by atoms with E-state index in [0.717, 1.165) is 44.9 Å². The molecule has 126 valence electrons. The summed E-state index contributed by atoms with van der Waals surface area (Å²) < 4.78 is 24.5. The van der Waals surface area contributed by atoms with Crippen LogP contribution in [0.2, 0.25) is 0 Å². The lowest BCUT2D eigenvalue weighted by atomic mass is 9.43. The molecule has 4 aliphatic carbocycles. The molecular weight excluding hydrogens is 272 g/mol. The van der Waals surface area contributed by atoms with Crippen molar-refractivity contribution in [2.45, 2.75) is 84.3 Å². The highest BCUT2D eigenvalue weighted by Gasteiger charge is 2.61. The molecule has 0 heterocycles. The van der Waals surface area contributed by atoms with Crippen LogP contribution in [0.3, 0.4) is 0 Å². The highest BCUT2D eigenvalue weighted by atomic mass is 16.3. The van der Waals surface area contributed by atoms with E-state index >= 15 is 0 Å². The molecule has 2 N–H and O–H groups in total. The summed E-state index contributed by atoms with van der Waals surface area (Å²) in [5, 5.41) is 20.9. The van der Waals surface area contributed by atoms with Crippen LogP contribution >= 0.6 is 0 Å².